The van der Waals surface area contributed by atoms with Crippen LogP contribution in [0.25, 0.3) is 0 Å². The molecule has 2 heterocycles. The van der Waals surface area contributed by atoms with Crippen molar-refractivity contribution in [3.63, 3.8) is 0 Å². The van der Waals surface area contributed by atoms with Crippen molar-refractivity contribution in [2.75, 3.05) is 11.9 Å². The molecule has 23 heavy (non-hydrogen) atoms. The van der Waals surface area contributed by atoms with Crippen LogP contribution in [0.3, 0.4) is 0 Å². The van der Waals surface area contributed by atoms with Gasteiger partial charge >= 0.3 is 0 Å². The molecule has 2 amide bonds. The van der Waals surface area contributed by atoms with Gasteiger partial charge in [-0.05, 0) is 18.9 Å². The zero-order valence-electron chi connectivity index (χ0n) is 13.0. The van der Waals surface area contributed by atoms with E-state index < -0.39 is 0 Å². The molecule has 2 N–H and O–H groups in total. The predicted molar refractivity (Wildman–Crippen MR) is 90.5 cm³/mol. The van der Waals surface area contributed by atoms with Gasteiger partial charge in [-0.25, -0.2) is 4.98 Å². The zero-order chi connectivity index (χ0) is 16.2. The molecule has 0 radical (unpaired) electrons. The maximum atomic E-state index is 12.2. The van der Waals surface area contributed by atoms with Crippen LogP contribution in [0, 0.1) is 12.8 Å². The molecule has 120 valence electrons. The Morgan fingerprint density at radius 1 is 1.39 bits per heavy atom. The molecular weight excluding hydrogens is 310 g/mol. The minimum absolute atomic E-state index is 0.0173. The lowest BCUT2D eigenvalue weighted by Gasteiger charge is -2.20. The van der Waals surface area contributed by atoms with E-state index >= 15 is 0 Å². The maximum absolute atomic E-state index is 12.2. The number of rotatable bonds is 4. The van der Waals surface area contributed by atoms with Crippen molar-refractivity contribution < 1.29 is 9.59 Å². The lowest BCUT2D eigenvalue weighted by Crippen LogP contribution is -2.40. The van der Waals surface area contributed by atoms with E-state index in [2.05, 4.69) is 46.8 Å². The van der Waals surface area contributed by atoms with Crippen molar-refractivity contribution in [3.05, 3.63) is 46.5 Å². The molecule has 1 saturated heterocycles. The number of benzene rings is 1. The lowest BCUT2D eigenvalue weighted by molar-refractivity contribution is -0.126. The van der Waals surface area contributed by atoms with Gasteiger partial charge < -0.3 is 10.6 Å². The highest BCUT2D eigenvalue weighted by molar-refractivity contribution is 7.15. The van der Waals surface area contributed by atoms with Gasteiger partial charge in [0.25, 0.3) is 0 Å². The summed E-state index contributed by atoms with van der Waals surface area (Å²) in [5.41, 5.74) is 2.47. The Kier molecular flexibility index (Phi) is 4.71. The lowest BCUT2D eigenvalue weighted by atomic mass is 9.98. The monoisotopic (exact) mass is 329 g/mol. The van der Waals surface area contributed by atoms with E-state index in [0.29, 0.717) is 24.5 Å². The van der Waals surface area contributed by atoms with Crippen molar-refractivity contribution in [3.8, 4) is 0 Å². The summed E-state index contributed by atoms with van der Waals surface area (Å²) in [5.74, 6) is -0.220. The molecular formula is C17H19N3O2S. The number of piperidine rings is 1. The Hall–Kier alpha value is -2.21. The molecule has 1 aliphatic rings. The van der Waals surface area contributed by atoms with E-state index in [-0.39, 0.29) is 17.7 Å². The van der Waals surface area contributed by atoms with Crippen LogP contribution < -0.4 is 10.6 Å². The fourth-order valence-corrected chi connectivity index (χ4v) is 3.37. The largest absolute Gasteiger partial charge is 0.355 e. The second-order valence-electron chi connectivity index (χ2n) is 5.82. The van der Waals surface area contributed by atoms with Crippen LogP contribution in [-0.2, 0) is 16.0 Å². The first-order chi connectivity index (χ1) is 11.1. The number of nitrogens with zero attached hydrogens (tertiary/aromatic N) is 1. The van der Waals surface area contributed by atoms with Crippen LogP contribution in [0.4, 0.5) is 5.13 Å². The maximum Gasteiger partial charge on any atom is 0.231 e. The van der Waals surface area contributed by atoms with Crippen molar-refractivity contribution >= 4 is 28.3 Å². The number of hydrogen-bond acceptors (Lipinski definition) is 4. The van der Waals surface area contributed by atoms with Crippen molar-refractivity contribution in [2.45, 2.75) is 26.2 Å². The standard InChI is InChI=1S/C17H19N3O2S/c1-11-2-4-12(5-3-11)8-14-10-19-17(23-14)20-16(22)13-6-7-15(21)18-9-13/h2-5,10,13H,6-9H2,1H3,(H,18,21)(H,19,20,22). The molecule has 1 fully saturated rings. The number of thiazole rings is 1. The number of amides is 2. The van der Waals surface area contributed by atoms with Gasteiger partial charge in [-0.3, -0.25) is 9.59 Å². The molecule has 0 bridgehead atoms. The SMILES string of the molecule is Cc1ccc(Cc2cnc(NC(=O)C3CCC(=O)NC3)s2)cc1. The molecule has 5 nitrogen and oxygen atoms in total. The Labute approximate surface area is 139 Å². The highest BCUT2D eigenvalue weighted by Crippen LogP contribution is 2.22. The molecule has 2 aromatic rings. The molecule has 0 saturated carbocycles. The van der Waals surface area contributed by atoms with Crippen molar-refractivity contribution in [1.29, 1.82) is 0 Å². The Balaban J connectivity index is 1.57. The number of carbonyl (C=O) groups is 2. The number of carbonyl (C=O) groups excluding carboxylic acids is 2. The third-order valence-electron chi connectivity index (χ3n) is 3.92. The molecule has 6 heteroatoms. The molecule has 3 rings (SSSR count). The third-order valence-corrected chi connectivity index (χ3v) is 4.83. The molecule has 0 spiro atoms. The van der Waals surface area contributed by atoms with E-state index in [9.17, 15) is 9.59 Å². The summed E-state index contributed by atoms with van der Waals surface area (Å²) < 4.78 is 0. The molecule has 1 aromatic carbocycles. The van der Waals surface area contributed by atoms with E-state index in [1.165, 1.54) is 22.5 Å². The Morgan fingerprint density at radius 3 is 2.87 bits per heavy atom. The van der Waals surface area contributed by atoms with Crippen LogP contribution in [0.15, 0.2) is 30.5 Å². The smallest absolute Gasteiger partial charge is 0.231 e. The first kappa shape index (κ1) is 15.7. The first-order valence-corrected chi connectivity index (χ1v) is 8.49. The summed E-state index contributed by atoms with van der Waals surface area (Å²) in [4.78, 5) is 28.7. The summed E-state index contributed by atoms with van der Waals surface area (Å²) >= 11 is 1.49. The summed E-state index contributed by atoms with van der Waals surface area (Å²) in [7, 11) is 0. The summed E-state index contributed by atoms with van der Waals surface area (Å²) in [6.07, 6.45) is 3.63. The minimum atomic E-state index is -0.169. The fourth-order valence-electron chi connectivity index (χ4n) is 2.52. The van der Waals surface area contributed by atoms with E-state index in [1.807, 2.05) is 6.20 Å². The number of hydrogen-bond donors (Lipinski definition) is 2. The summed E-state index contributed by atoms with van der Waals surface area (Å²) in [6, 6.07) is 8.41. The van der Waals surface area contributed by atoms with E-state index in [4.69, 9.17) is 0 Å². The van der Waals surface area contributed by atoms with Gasteiger partial charge in [-0.1, -0.05) is 29.8 Å². The van der Waals surface area contributed by atoms with Crippen LogP contribution in [-0.4, -0.2) is 23.3 Å². The number of nitrogens with one attached hydrogen (secondary N) is 2. The van der Waals surface area contributed by atoms with Gasteiger partial charge in [0.1, 0.15) is 0 Å². The number of aryl methyl sites for hydroxylation is 1. The fraction of sp³-hybridized carbons (Fsp3) is 0.353. The first-order valence-electron chi connectivity index (χ1n) is 7.68. The van der Waals surface area contributed by atoms with Crippen molar-refractivity contribution in [1.82, 2.24) is 10.3 Å². The third kappa shape index (κ3) is 4.16. The average molecular weight is 329 g/mol. The molecule has 1 unspecified atom stereocenters. The molecule has 0 aliphatic carbocycles. The van der Waals surface area contributed by atoms with Crippen LogP contribution >= 0.6 is 11.3 Å². The van der Waals surface area contributed by atoms with Crippen LogP contribution in [0.1, 0.15) is 28.8 Å². The van der Waals surface area contributed by atoms with Gasteiger partial charge in [-0.15, -0.1) is 11.3 Å². The second-order valence-corrected chi connectivity index (χ2v) is 6.94. The molecule has 1 atom stereocenters. The Bertz CT molecular complexity index is 699. The molecule has 1 aliphatic heterocycles. The highest BCUT2D eigenvalue weighted by Gasteiger charge is 2.24. The summed E-state index contributed by atoms with van der Waals surface area (Å²) in [6.45, 7) is 2.48. The highest BCUT2D eigenvalue weighted by atomic mass is 32.1. The van der Waals surface area contributed by atoms with Crippen LogP contribution in [0.5, 0.6) is 0 Å². The minimum Gasteiger partial charge on any atom is -0.355 e. The Morgan fingerprint density at radius 2 is 2.17 bits per heavy atom. The quantitative estimate of drug-likeness (QED) is 0.905. The normalized spacial score (nSPS) is 17.6. The predicted octanol–water partition coefficient (Wildman–Crippen LogP) is 2.51. The molecule has 1 aromatic heterocycles. The van der Waals surface area contributed by atoms with E-state index in [1.54, 1.807) is 0 Å². The second kappa shape index (κ2) is 6.91. The number of aromatic nitrogens is 1. The van der Waals surface area contributed by atoms with Crippen molar-refractivity contribution in [2.24, 2.45) is 5.92 Å². The summed E-state index contributed by atoms with van der Waals surface area (Å²) in [5, 5.41) is 6.20. The average Bonchev–Trinajstić information content (AvgIpc) is 2.97. The van der Waals surface area contributed by atoms with Crippen LogP contribution in [0.2, 0.25) is 0 Å². The van der Waals surface area contributed by atoms with Gasteiger partial charge in [-0.2, -0.15) is 0 Å². The van der Waals surface area contributed by atoms with Gasteiger partial charge in [0.2, 0.25) is 11.8 Å². The van der Waals surface area contributed by atoms with Gasteiger partial charge in [0.15, 0.2) is 5.13 Å². The number of anilines is 1. The van der Waals surface area contributed by atoms with Gasteiger partial charge in [0, 0.05) is 30.5 Å². The van der Waals surface area contributed by atoms with Gasteiger partial charge in [0.05, 0.1) is 5.92 Å². The zero-order valence-corrected chi connectivity index (χ0v) is 13.8. The van der Waals surface area contributed by atoms with E-state index in [0.717, 1.165) is 11.3 Å². The topological polar surface area (TPSA) is 71.1 Å².